The van der Waals surface area contributed by atoms with E-state index in [1.807, 2.05) is 12.1 Å². The third-order valence-electron chi connectivity index (χ3n) is 3.64. The van der Waals surface area contributed by atoms with E-state index in [0.29, 0.717) is 27.9 Å². The highest BCUT2D eigenvalue weighted by Gasteiger charge is 2.05. The molecule has 7 heteroatoms. The van der Waals surface area contributed by atoms with Crippen LogP contribution in [-0.4, -0.2) is 16.8 Å². The van der Waals surface area contributed by atoms with Crippen molar-refractivity contribution < 1.29 is 14.3 Å². The van der Waals surface area contributed by atoms with Crippen LogP contribution in [0.25, 0.3) is 6.08 Å². The Bertz CT molecular complexity index is 1020. The quantitative estimate of drug-likeness (QED) is 0.611. The maximum Gasteiger partial charge on any atom is 0.248 e. The number of hydrogen-bond acceptors (Lipinski definition) is 4. The summed E-state index contributed by atoms with van der Waals surface area (Å²) in [5.41, 5.74) is 6.97. The number of anilines is 1. The van der Waals surface area contributed by atoms with Gasteiger partial charge in [-0.1, -0.05) is 29.8 Å². The van der Waals surface area contributed by atoms with Crippen LogP contribution in [0.2, 0.25) is 5.02 Å². The van der Waals surface area contributed by atoms with Crippen LogP contribution in [0.15, 0.2) is 72.9 Å². The summed E-state index contributed by atoms with van der Waals surface area (Å²) in [5, 5.41) is 3.34. The Morgan fingerprint density at radius 2 is 1.86 bits per heavy atom. The minimum Gasteiger partial charge on any atom is -0.439 e. The van der Waals surface area contributed by atoms with E-state index in [-0.39, 0.29) is 5.91 Å². The average molecular weight is 394 g/mol. The van der Waals surface area contributed by atoms with Gasteiger partial charge in [0.15, 0.2) is 0 Å². The Kier molecular flexibility index (Phi) is 6.04. The van der Waals surface area contributed by atoms with E-state index in [0.717, 1.165) is 5.56 Å². The summed E-state index contributed by atoms with van der Waals surface area (Å²) in [4.78, 5) is 27.4. The van der Waals surface area contributed by atoms with Gasteiger partial charge >= 0.3 is 0 Å². The van der Waals surface area contributed by atoms with Crippen LogP contribution < -0.4 is 15.8 Å². The summed E-state index contributed by atoms with van der Waals surface area (Å²) < 4.78 is 5.59. The van der Waals surface area contributed by atoms with Crippen molar-refractivity contribution in [2.24, 2.45) is 5.73 Å². The van der Waals surface area contributed by atoms with Gasteiger partial charge in [0.25, 0.3) is 0 Å². The van der Waals surface area contributed by atoms with Gasteiger partial charge in [0, 0.05) is 22.7 Å². The van der Waals surface area contributed by atoms with Gasteiger partial charge in [-0.15, -0.1) is 0 Å². The molecule has 28 heavy (non-hydrogen) atoms. The fourth-order valence-corrected chi connectivity index (χ4v) is 2.40. The molecular weight excluding hydrogens is 378 g/mol. The van der Waals surface area contributed by atoms with Crippen LogP contribution in [-0.2, 0) is 4.79 Å². The van der Waals surface area contributed by atoms with Gasteiger partial charge in [-0.25, -0.2) is 4.98 Å². The summed E-state index contributed by atoms with van der Waals surface area (Å²) in [6.07, 6.45) is 4.58. The third kappa shape index (κ3) is 5.43. The number of nitrogens with two attached hydrogens (primary N) is 1. The molecular formula is C21H16ClN3O3. The molecule has 6 nitrogen and oxygen atoms in total. The zero-order valence-electron chi connectivity index (χ0n) is 14.6. The Balaban J connectivity index is 1.59. The van der Waals surface area contributed by atoms with E-state index in [1.165, 1.54) is 18.3 Å². The minimum atomic E-state index is -0.539. The third-order valence-corrected chi connectivity index (χ3v) is 3.89. The van der Waals surface area contributed by atoms with Crippen molar-refractivity contribution in [3.63, 3.8) is 0 Å². The van der Waals surface area contributed by atoms with Crippen LogP contribution in [0, 0.1) is 0 Å². The number of halogens is 1. The molecule has 0 radical (unpaired) electrons. The highest BCUT2D eigenvalue weighted by molar-refractivity contribution is 6.30. The van der Waals surface area contributed by atoms with E-state index < -0.39 is 5.91 Å². The van der Waals surface area contributed by atoms with Crippen LogP contribution in [0.4, 0.5) is 5.69 Å². The first kappa shape index (κ1) is 19.1. The summed E-state index contributed by atoms with van der Waals surface area (Å²) in [5.74, 6) is -0.0782. The van der Waals surface area contributed by atoms with Crippen molar-refractivity contribution in [3.8, 4) is 11.6 Å². The maximum atomic E-state index is 12.0. The Hall–Kier alpha value is -3.64. The number of carbonyl (C=O) groups is 2. The van der Waals surface area contributed by atoms with Crippen LogP contribution >= 0.6 is 11.6 Å². The number of nitrogens with zero attached hydrogens (tertiary/aromatic N) is 1. The number of primary amides is 1. The van der Waals surface area contributed by atoms with E-state index in [2.05, 4.69) is 10.3 Å². The number of rotatable bonds is 6. The molecule has 3 rings (SSSR count). The molecule has 0 aliphatic heterocycles. The summed E-state index contributed by atoms with van der Waals surface area (Å²) in [6, 6.07) is 16.9. The first-order chi connectivity index (χ1) is 13.5. The minimum absolute atomic E-state index is 0.292. The molecule has 0 saturated carbocycles. The molecule has 2 amide bonds. The first-order valence-electron chi connectivity index (χ1n) is 8.28. The molecule has 3 aromatic rings. The van der Waals surface area contributed by atoms with Crippen molar-refractivity contribution in [2.45, 2.75) is 0 Å². The highest BCUT2D eigenvalue weighted by Crippen LogP contribution is 2.21. The molecule has 140 valence electrons. The molecule has 0 unspecified atom stereocenters. The largest absolute Gasteiger partial charge is 0.439 e. The van der Waals surface area contributed by atoms with Gasteiger partial charge < -0.3 is 15.8 Å². The number of carbonyl (C=O) groups excluding carboxylic acids is 2. The molecule has 0 aliphatic rings. The number of aromatic nitrogens is 1. The van der Waals surface area contributed by atoms with Gasteiger partial charge in [0.05, 0.1) is 11.9 Å². The lowest BCUT2D eigenvalue weighted by atomic mass is 10.2. The number of nitrogens with one attached hydrogen (secondary N) is 1. The molecule has 0 aliphatic carbocycles. The summed E-state index contributed by atoms with van der Waals surface area (Å²) in [7, 11) is 0. The molecule has 0 fully saturated rings. The van der Waals surface area contributed by atoms with Crippen LogP contribution in [0.3, 0.4) is 0 Å². The van der Waals surface area contributed by atoms with E-state index in [9.17, 15) is 9.59 Å². The molecule has 1 heterocycles. The predicted octanol–water partition coefficient (Wildman–Crippen LogP) is 4.28. The van der Waals surface area contributed by atoms with Gasteiger partial charge in [-0.2, -0.15) is 0 Å². The molecule has 0 atom stereocenters. The van der Waals surface area contributed by atoms with Crippen molar-refractivity contribution >= 4 is 35.2 Å². The van der Waals surface area contributed by atoms with E-state index >= 15 is 0 Å². The zero-order valence-corrected chi connectivity index (χ0v) is 15.4. The van der Waals surface area contributed by atoms with E-state index in [4.69, 9.17) is 22.1 Å². The SMILES string of the molecule is NC(=O)c1cccc(Oc2ccc(NC(=O)/C=C/c3ccc(Cl)cc3)cn2)c1. The Morgan fingerprint density at radius 1 is 1.07 bits per heavy atom. The molecule has 0 spiro atoms. The monoisotopic (exact) mass is 393 g/mol. The lowest BCUT2D eigenvalue weighted by Gasteiger charge is -2.07. The molecule has 0 saturated heterocycles. The van der Waals surface area contributed by atoms with Crippen molar-refractivity contribution in [3.05, 3.63) is 89.1 Å². The first-order valence-corrected chi connectivity index (χ1v) is 8.66. The lowest BCUT2D eigenvalue weighted by molar-refractivity contribution is -0.111. The van der Waals surface area contributed by atoms with Crippen LogP contribution in [0.5, 0.6) is 11.6 Å². The van der Waals surface area contributed by atoms with Gasteiger partial charge in [0.2, 0.25) is 17.7 Å². The molecule has 0 bridgehead atoms. The van der Waals surface area contributed by atoms with Gasteiger partial charge in [-0.05, 0) is 48.0 Å². The summed E-state index contributed by atoms with van der Waals surface area (Å²) in [6.45, 7) is 0. The van der Waals surface area contributed by atoms with Crippen LogP contribution in [0.1, 0.15) is 15.9 Å². The number of amides is 2. The Morgan fingerprint density at radius 3 is 2.54 bits per heavy atom. The average Bonchev–Trinajstić information content (AvgIpc) is 2.69. The van der Waals surface area contributed by atoms with E-state index in [1.54, 1.807) is 48.5 Å². The zero-order chi connectivity index (χ0) is 19.9. The van der Waals surface area contributed by atoms with Crippen molar-refractivity contribution in [1.82, 2.24) is 4.98 Å². The molecule has 1 aromatic heterocycles. The maximum absolute atomic E-state index is 12.0. The lowest BCUT2D eigenvalue weighted by Crippen LogP contribution is -2.10. The smallest absolute Gasteiger partial charge is 0.248 e. The fourth-order valence-electron chi connectivity index (χ4n) is 2.28. The predicted molar refractivity (Wildman–Crippen MR) is 108 cm³/mol. The highest BCUT2D eigenvalue weighted by atomic mass is 35.5. The van der Waals surface area contributed by atoms with Gasteiger partial charge in [-0.3, -0.25) is 9.59 Å². The Labute approximate surface area is 166 Å². The second-order valence-corrected chi connectivity index (χ2v) is 6.19. The van der Waals surface area contributed by atoms with Crippen molar-refractivity contribution in [1.29, 1.82) is 0 Å². The second kappa shape index (κ2) is 8.83. The number of benzene rings is 2. The normalized spacial score (nSPS) is 10.6. The van der Waals surface area contributed by atoms with Gasteiger partial charge in [0.1, 0.15) is 5.75 Å². The number of hydrogen-bond donors (Lipinski definition) is 2. The molecule has 2 aromatic carbocycles. The number of ether oxygens (including phenoxy) is 1. The topological polar surface area (TPSA) is 94.3 Å². The fraction of sp³-hybridized carbons (Fsp3) is 0. The summed E-state index contributed by atoms with van der Waals surface area (Å²) >= 11 is 5.83. The standard InChI is InChI=1S/C21H16ClN3O3/c22-16-7-4-14(5-8-16)6-10-19(26)25-17-9-11-20(24-13-17)28-18-3-1-2-15(12-18)21(23)27/h1-13H,(H2,23,27)(H,25,26)/b10-6+. The number of pyridine rings is 1. The second-order valence-electron chi connectivity index (χ2n) is 5.75. The molecule has 3 N–H and O–H groups in total. The van der Waals surface area contributed by atoms with Crippen molar-refractivity contribution in [2.75, 3.05) is 5.32 Å².